The molecule has 1 unspecified atom stereocenters. The first-order chi connectivity index (χ1) is 11.6. The lowest BCUT2D eigenvalue weighted by Gasteiger charge is -2.38. The summed E-state index contributed by atoms with van der Waals surface area (Å²) in [6, 6.07) is 9.07. The Labute approximate surface area is 142 Å². The number of ether oxygens (including phenoxy) is 4. The highest BCUT2D eigenvalue weighted by molar-refractivity contribution is 6.04. The Kier molecular flexibility index (Phi) is 6.09. The number of ketones is 1. The number of hydrogen-bond acceptors (Lipinski definition) is 5. The summed E-state index contributed by atoms with van der Waals surface area (Å²) in [5.74, 6) is -0.627. The van der Waals surface area contributed by atoms with Gasteiger partial charge in [0.1, 0.15) is 5.76 Å². The summed E-state index contributed by atoms with van der Waals surface area (Å²) < 4.78 is 21.9. The predicted octanol–water partition coefficient (Wildman–Crippen LogP) is 2.90. The summed E-state index contributed by atoms with van der Waals surface area (Å²) in [6.07, 6.45) is 6.15. The van der Waals surface area contributed by atoms with Crippen LogP contribution in [0.3, 0.4) is 0 Å². The molecule has 0 N–H and O–H groups in total. The van der Waals surface area contributed by atoms with Gasteiger partial charge in [-0.15, -0.1) is 0 Å². The summed E-state index contributed by atoms with van der Waals surface area (Å²) in [5.41, 5.74) is 1.35. The Hall–Kier alpha value is -2.21. The highest BCUT2D eigenvalue weighted by Crippen LogP contribution is 2.33. The first kappa shape index (κ1) is 18.1. The summed E-state index contributed by atoms with van der Waals surface area (Å²) in [4.78, 5) is 12.2. The number of methoxy groups -OCH3 is 4. The van der Waals surface area contributed by atoms with Gasteiger partial charge < -0.3 is 18.9 Å². The molecule has 1 aliphatic carbocycles. The van der Waals surface area contributed by atoms with Crippen molar-refractivity contribution in [3.63, 3.8) is 0 Å². The third-order valence-corrected chi connectivity index (χ3v) is 3.95. The predicted molar refractivity (Wildman–Crippen MR) is 90.6 cm³/mol. The number of benzene rings is 1. The van der Waals surface area contributed by atoms with Gasteiger partial charge in [-0.1, -0.05) is 36.4 Å². The molecule has 0 spiro atoms. The van der Waals surface area contributed by atoms with Crippen LogP contribution in [-0.2, 0) is 18.9 Å². The Morgan fingerprint density at radius 1 is 1.08 bits per heavy atom. The molecule has 0 saturated carbocycles. The molecular formula is C19H22O5. The minimum Gasteiger partial charge on any atom is -0.497 e. The molecule has 0 aliphatic heterocycles. The zero-order chi connectivity index (χ0) is 17.6. The van der Waals surface area contributed by atoms with Crippen LogP contribution in [0.1, 0.15) is 10.4 Å². The molecular weight excluding hydrogens is 308 g/mol. The molecule has 24 heavy (non-hydrogen) atoms. The Morgan fingerprint density at radius 2 is 1.75 bits per heavy atom. The second-order valence-corrected chi connectivity index (χ2v) is 5.17. The average Bonchev–Trinajstić information content (AvgIpc) is 2.65. The Morgan fingerprint density at radius 3 is 2.29 bits per heavy atom. The summed E-state index contributed by atoms with van der Waals surface area (Å²) in [7, 11) is 6.16. The standard InChI is InChI=1S/C19H22O5/c1-21-17-15(10-11-16(20)14-8-6-5-7-9-14)12-13-19(23-3,24-4)18(17)22-2/h5-13,18H,1-4H3. The molecule has 0 aromatic heterocycles. The van der Waals surface area contributed by atoms with Crippen LogP contribution in [-0.4, -0.2) is 46.1 Å². The third-order valence-electron chi connectivity index (χ3n) is 3.95. The van der Waals surface area contributed by atoms with Crippen molar-refractivity contribution in [1.82, 2.24) is 0 Å². The van der Waals surface area contributed by atoms with E-state index in [0.717, 1.165) is 5.57 Å². The van der Waals surface area contributed by atoms with Gasteiger partial charge in [0.25, 0.3) is 0 Å². The van der Waals surface area contributed by atoms with Crippen molar-refractivity contribution >= 4 is 5.78 Å². The minimum atomic E-state index is -1.07. The number of hydrogen-bond donors (Lipinski definition) is 0. The Bertz CT molecular complexity index is 654. The molecule has 2 rings (SSSR count). The van der Waals surface area contributed by atoms with Gasteiger partial charge in [-0.2, -0.15) is 0 Å². The average molecular weight is 330 g/mol. The SMILES string of the molecule is COC1=C(C=CC(=O)c2ccccc2)C=CC(OC)(OC)C1OC. The van der Waals surface area contributed by atoms with Gasteiger partial charge in [-0.05, 0) is 18.2 Å². The lowest BCUT2D eigenvalue weighted by molar-refractivity contribution is -0.231. The zero-order valence-electron chi connectivity index (χ0n) is 14.3. The second kappa shape index (κ2) is 8.06. The van der Waals surface area contributed by atoms with E-state index < -0.39 is 11.9 Å². The van der Waals surface area contributed by atoms with Gasteiger partial charge in [0.2, 0.25) is 5.79 Å². The third kappa shape index (κ3) is 3.48. The van der Waals surface area contributed by atoms with E-state index >= 15 is 0 Å². The van der Waals surface area contributed by atoms with Crippen molar-refractivity contribution in [3.8, 4) is 0 Å². The minimum absolute atomic E-state index is 0.0868. The van der Waals surface area contributed by atoms with Crippen LogP contribution in [0.4, 0.5) is 0 Å². The van der Waals surface area contributed by atoms with E-state index in [9.17, 15) is 4.79 Å². The van der Waals surface area contributed by atoms with Gasteiger partial charge in [0, 0.05) is 32.5 Å². The molecule has 0 bridgehead atoms. The summed E-state index contributed by atoms with van der Waals surface area (Å²) >= 11 is 0. The number of rotatable bonds is 7. The molecule has 128 valence electrons. The fourth-order valence-corrected chi connectivity index (χ4v) is 2.64. The van der Waals surface area contributed by atoms with Crippen molar-refractivity contribution in [2.45, 2.75) is 11.9 Å². The van der Waals surface area contributed by atoms with E-state index in [1.165, 1.54) is 20.3 Å². The van der Waals surface area contributed by atoms with Gasteiger partial charge >= 0.3 is 0 Å². The summed E-state index contributed by atoms with van der Waals surface area (Å²) in [6.45, 7) is 0. The molecule has 0 saturated heterocycles. The van der Waals surface area contributed by atoms with Crippen molar-refractivity contribution in [3.05, 3.63) is 71.5 Å². The van der Waals surface area contributed by atoms with Crippen molar-refractivity contribution in [2.75, 3.05) is 28.4 Å². The van der Waals surface area contributed by atoms with Crippen molar-refractivity contribution in [1.29, 1.82) is 0 Å². The topological polar surface area (TPSA) is 54.0 Å². The van der Waals surface area contributed by atoms with Crippen LogP contribution >= 0.6 is 0 Å². The number of carbonyl (C=O) groups excluding carboxylic acids is 1. The molecule has 0 amide bonds. The summed E-state index contributed by atoms with van der Waals surface area (Å²) in [5, 5.41) is 0. The Balaban J connectivity index is 2.32. The van der Waals surface area contributed by atoms with Gasteiger partial charge in [-0.25, -0.2) is 0 Å². The molecule has 1 atom stereocenters. The zero-order valence-corrected chi connectivity index (χ0v) is 14.3. The number of carbonyl (C=O) groups is 1. The molecule has 5 nitrogen and oxygen atoms in total. The smallest absolute Gasteiger partial charge is 0.222 e. The molecule has 1 aliphatic rings. The van der Waals surface area contributed by atoms with Crippen LogP contribution in [0.15, 0.2) is 66.0 Å². The maximum atomic E-state index is 12.2. The second-order valence-electron chi connectivity index (χ2n) is 5.17. The molecule has 0 fully saturated rings. The van der Waals surface area contributed by atoms with E-state index in [0.29, 0.717) is 11.3 Å². The van der Waals surface area contributed by atoms with Crippen LogP contribution in [0, 0.1) is 0 Å². The molecule has 0 heterocycles. The molecule has 0 radical (unpaired) electrons. The quantitative estimate of drug-likeness (QED) is 0.437. The highest BCUT2D eigenvalue weighted by Gasteiger charge is 2.44. The van der Waals surface area contributed by atoms with E-state index in [4.69, 9.17) is 18.9 Å². The number of allylic oxidation sites excluding steroid dienone is 4. The van der Waals surface area contributed by atoms with Crippen LogP contribution in [0.25, 0.3) is 0 Å². The molecule has 1 aromatic carbocycles. The first-order valence-corrected chi connectivity index (χ1v) is 7.49. The first-order valence-electron chi connectivity index (χ1n) is 7.49. The van der Waals surface area contributed by atoms with E-state index in [2.05, 4.69) is 0 Å². The van der Waals surface area contributed by atoms with Crippen LogP contribution < -0.4 is 0 Å². The maximum absolute atomic E-state index is 12.2. The van der Waals surface area contributed by atoms with E-state index in [-0.39, 0.29) is 5.78 Å². The lowest BCUT2D eigenvalue weighted by Crippen LogP contribution is -2.48. The van der Waals surface area contributed by atoms with E-state index in [1.807, 2.05) is 18.2 Å². The van der Waals surface area contributed by atoms with Crippen LogP contribution in [0.2, 0.25) is 0 Å². The van der Waals surface area contributed by atoms with Crippen molar-refractivity contribution < 1.29 is 23.7 Å². The fourth-order valence-electron chi connectivity index (χ4n) is 2.64. The normalized spacial score (nSPS) is 19.8. The molecule has 1 aromatic rings. The fraction of sp³-hybridized carbons (Fsp3) is 0.316. The van der Waals surface area contributed by atoms with Gasteiger partial charge in [0.05, 0.1) is 7.11 Å². The highest BCUT2D eigenvalue weighted by atomic mass is 16.7. The van der Waals surface area contributed by atoms with Crippen LogP contribution in [0.5, 0.6) is 0 Å². The van der Waals surface area contributed by atoms with Gasteiger partial charge in [-0.3, -0.25) is 4.79 Å². The monoisotopic (exact) mass is 330 g/mol. The maximum Gasteiger partial charge on any atom is 0.222 e. The largest absolute Gasteiger partial charge is 0.497 e. The lowest BCUT2D eigenvalue weighted by atomic mass is 9.95. The van der Waals surface area contributed by atoms with Crippen molar-refractivity contribution in [2.24, 2.45) is 0 Å². The molecule has 5 heteroatoms. The van der Waals surface area contributed by atoms with Gasteiger partial charge in [0.15, 0.2) is 11.9 Å². The van der Waals surface area contributed by atoms with E-state index in [1.54, 1.807) is 44.6 Å².